The summed E-state index contributed by atoms with van der Waals surface area (Å²) in [5.74, 6) is 0.548. The lowest BCUT2D eigenvalue weighted by Gasteiger charge is -2.06. The molecule has 0 atom stereocenters. The van der Waals surface area contributed by atoms with E-state index in [-0.39, 0.29) is 5.82 Å². The molecule has 3 rings (SSSR count). The second kappa shape index (κ2) is 4.43. The van der Waals surface area contributed by atoms with E-state index in [0.29, 0.717) is 5.69 Å². The van der Waals surface area contributed by atoms with E-state index in [0.717, 1.165) is 34.3 Å². The van der Waals surface area contributed by atoms with Gasteiger partial charge in [-0.05, 0) is 24.3 Å². The SMILES string of the molecule is CCc1oc2ccccc2c1-c1ccc(F)cc1N. The van der Waals surface area contributed by atoms with Crippen molar-refractivity contribution in [2.24, 2.45) is 0 Å². The summed E-state index contributed by atoms with van der Waals surface area (Å²) in [5, 5.41) is 1.01. The van der Waals surface area contributed by atoms with E-state index in [1.54, 1.807) is 6.07 Å². The summed E-state index contributed by atoms with van der Waals surface area (Å²) in [4.78, 5) is 0. The van der Waals surface area contributed by atoms with Gasteiger partial charge >= 0.3 is 0 Å². The van der Waals surface area contributed by atoms with Crippen LogP contribution in [0, 0.1) is 5.82 Å². The monoisotopic (exact) mass is 255 g/mol. The minimum absolute atomic E-state index is 0.327. The van der Waals surface area contributed by atoms with E-state index in [1.165, 1.54) is 12.1 Å². The first-order valence-electron chi connectivity index (χ1n) is 6.26. The Morgan fingerprint density at radius 1 is 1.16 bits per heavy atom. The normalized spacial score (nSPS) is 11.1. The predicted octanol–water partition coefficient (Wildman–Crippen LogP) is 4.38. The zero-order chi connectivity index (χ0) is 13.4. The lowest BCUT2D eigenvalue weighted by Crippen LogP contribution is -1.92. The largest absolute Gasteiger partial charge is 0.460 e. The second-order valence-electron chi connectivity index (χ2n) is 4.48. The molecule has 2 aromatic carbocycles. The number of para-hydroxylation sites is 1. The van der Waals surface area contributed by atoms with Gasteiger partial charge in [0.05, 0.1) is 0 Å². The fourth-order valence-electron chi connectivity index (χ4n) is 2.40. The summed E-state index contributed by atoms with van der Waals surface area (Å²) in [7, 11) is 0. The van der Waals surface area contributed by atoms with Crippen LogP contribution in [0.25, 0.3) is 22.1 Å². The summed E-state index contributed by atoms with van der Waals surface area (Å²) in [6.45, 7) is 2.03. The van der Waals surface area contributed by atoms with Gasteiger partial charge in [-0.1, -0.05) is 25.1 Å². The molecule has 0 unspecified atom stereocenters. The van der Waals surface area contributed by atoms with E-state index >= 15 is 0 Å². The highest BCUT2D eigenvalue weighted by molar-refractivity contribution is 5.98. The van der Waals surface area contributed by atoms with Crippen LogP contribution < -0.4 is 5.73 Å². The van der Waals surface area contributed by atoms with Gasteiger partial charge in [-0.2, -0.15) is 0 Å². The van der Waals surface area contributed by atoms with Crippen molar-refractivity contribution in [3.63, 3.8) is 0 Å². The minimum Gasteiger partial charge on any atom is -0.460 e. The average molecular weight is 255 g/mol. The average Bonchev–Trinajstić information content (AvgIpc) is 2.77. The molecule has 3 aromatic rings. The van der Waals surface area contributed by atoms with Crippen LogP contribution >= 0.6 is 0 Å². The summed E-state index contributed by atoms with van der Waals surface area (Å²) < 4.78 is 19.0. The number of furan rings is 1. The number of fused-ring (bicyclic) bond motifs is 1. The highest BCUT2D eigenvalue weighted by Gasteiger charge is 2.16. The maximum atomic E-state index is 13.2. The number of aryl methyl sites for hydroxylation is 1. The van der Waals surface area contributed by atoms with Crippen molar-refractivity contribution in [2.45, 2.75) is 13.3 Å². The quantitative estimate of drug-likeness (QED) is 0.690. The van der Waals surface area contributed by atoms with Crippen molar-refractivity contribution in [2.75, 3.05) is 5.73 Å². The van der Waals surface area contributed by atoms with E-state index in [2.05, 4.69) is 0 Å². The van der Waals surface area contributed by atoms with Crippen LogP contribution in [0.1, 0.15) is 12.7 Å². The minimum atomic E-state index is -0.327. The molecule has 1 aromatic heterocycles. The van der Waals surface area contributed by atoms with E-state index in [9.17, 15) is 4.39 Å². The van der Waals surface area contributed by atoms with Crippen molar-refractivity contribution in [3.8, 4) is 11.1 Å². The molecule has 0 saturated carbocycles. The van der Waals surface area contributed by atoms with E-state index in [1.807, 2.05) is 31.2 Å². The number of hydrogen-bond acceptors (Lipinski definition) is 2. The molecule has 1 heterocycles. The molecule has 0 fully saturated rings. The third-order valence-corrected chi connectivity index (χ3v) is 3.27. The standard InChI is InChI=1S/C16H14FNO/c1-2-14-16(11-8-7-10(17)9-13(11)18)12-5-3-4-6-15(12)19-14/h3-9H,2,18H2,1H3. The number of benzene rings is 2. The lowest BCUT2D eigenvalue weighted by molar-refractivity contribution is 0.558. The Kier molecular flexibility index (Phi) is 2.75. The van der Waals surface area contributed by atoms with Crippen LogP contribution in [0.3, 0.4) is 0 Å². The number of nitrogens with two attached hydrogens (primary N) is 1. The molecule has 0 aliphatic rings. The maximum absolute atomic E-state index is 13.2. The Morgan fingerprint density at radius 2 is 1.95 bits per heavy atom. The lowest BCUT2D eigenvalue weighted by atomic mass is 9.99. The molecule has 0 aliphatic carbocycles. The molecule has 2 nitrogen and oxygen atoms in total. The van der Waals surface area contributed by atoms with Crippen molar-refractivity contribution in [3.05, 3.63) is 54.0 Å². The van der Waals surface area contributed by atoms with Crippen LogP contribution in [-0.4, -0.2) is 0 Å². The first-order valence-corrected chi connectivity index (χ1v) is 6.26. The van der Waals surface area contributed by atoms with Crippen molar-refractivity contribution >= 4 is 16.7 Å². The van der Waals surface area contributed by atoms with Crippen molar-refractivity contribution in [1.82, 2.24) is 0 Å². The van der Waals surface area contributed by atoms with Gasteiger partial charge in [-0.3, -0.25) is 0 Å². The molecule has 19 heavy (non-hydrogen) atoms. The summed E-state index contributed by atoms with van der Waals surface area (Å²) in [5.41, 5.74) is 9.00. The van der Waals surface area contributed by atoms with Crippen LogP contribution in [-0.2, 0) is 6.42 Å². The number of nitrogen functional groups attached to an aromatic ring is 1. The highest BCUT2D eigenvalue weighted by atomic mass is 19.1. The van der Waals surface area contributed by atoms with Crippen LogP contribution in [0.15, 0.2) is 46.9 Å². The third-order valence-electron chi connectivity index (χ3n) is 3.27. The van der Waals surface area contributed by atoms with Gasteiger partial charge in [0.25, 0.3) is 0 Å². The number of rotatable bonds is 2. The molecule has 0 amide bonds. The second-order valence-corrected chi connectivity index (χ2v) is 4.48. The van der Waals surface area contributed by atoms with Gasteiger partial charge in [0.1, 0.15) is 17.2 Å². The highest BCUT2D eigenvalue weighted by Crippen LogP contribution is 2.38. The van der Waals surface area contributed by atoms with Crippen LogP contribution in [0.5, 0.6) is 0 Å². The first kappa shape index (κ1) is 11.8. The maximum Gasteiger partial charge on any atom is 0.134 e. The molecular weight excluding hydrogens is 241 g/mol. The molecule has 96 valence electrons. The van der Waals surface area contributed by atoms with Gasteiger partial charge in [0.2, 0.25) is 0 Å². The Morgan fingerprint density at radius 3 is 2.68 bits per heavy atom. The zero-order valence-electron chi connectivity index (χ0n) is 10.6. The molecule has 0 radical (unpaired) electrons. The van der Waals surface area contributed by atoms with Gasteiger partial charge in [0, 0.05) is 28.6 Å². The molecule has 2 N–H and O–H groups in total. The van der Waals surface area contributed by atoms with E-state index in [4.69, 9.17) is 10.2 Å². The molecule has 0 spiro atoms. The Labute approximate surface area is 110 Å². The van der Waals surface area contributed by atoms with Crippen LogP contribution in [0.2, 0.25) is 0 Å². The molecule has 0 aliphatic heterocycles. The predicted molar refractivity (Wildman–Crippen MR) is 75.4 cm³/mol. The summed E-state index contributed by atoms with van der Waals surface area (Å²) >= 11 is 0. The topological polar surface area (TPSA) is 39.2 Å². The third kappa shape index (κ3) is 1.87. The van der Waals surface area contributed by atoms with Gasteiger partial charge in [-0.15, -0.1) is 0 Å². The number of halogens is 1. The Hall–Kier alpha value is -2.29. The Balaban J connectivity index is 2.34. The van der Waals surface area contributed by atoms with Gasteiger partial charge < -0.3 is 10.2 Å². The van der Waals surface area contributed by atoms with Crippen LogP contribution in [0.4, 0.5) is 10.1 Å². The van der Waals surface area contributed by atoms with Crippen molar-refractivity contribution < 1.29 is 8.81 Å². The first-order chi connectivity index (χ1) is 9.20. The molecule has 0 saturated heterocycles. The zero-order valence-corrected chi connectivity index (χ0v) is 10.6. The van der Waals surface area contributed by atoms with Gasteiger partial charge in [-0.25, -0.2) is 4.39 Å². The molecule has 3 heteroatoms. The van der Waals surface area contributed by atoms with E-state index < -0.39 is 0 Å². The number of hydrogen-bond donors (Lipinski definition) is 1. The summed E-state index contributed by atoms with van der Waals surface area (Å²) in [6, 6.07) is 12.3. The summed E-state index contributed by atoms with van der Waals surface area (Å²) in [6.07, 6.45) is 0.765. The van der Waals surface area contributed by atoms with Crippen molar-refractivity contribution in [1.29, 1.82) is 0 Å². The van der Waals surface area contributed by atoms with Gasteiger partial charge in [0.15, 0.2) is 0 Å². The smallest absolute Gasteiger partial charge is 0.134 e. The molecular formula is C16H14FNO. The number of anilines is 1. The fourth-order valence-corrected chi connectivity index (χ4v) is 2.40. The Bertz CT molecular complexity index is 746. The molecule has 0 bridgehead atoms. The fraction of sp³-hybridized carbons (Fsp3) is 0.125.